The zero-order valence-corrected chi connectivity index (χ0v) is 15.5. The van der Waals surface area contributed by atoms with Gasteiger partial charge in [-0.25, -0.2) is 4.79 Å². The number of benzene rings is 1. The molecule has 0 unspecified atom stereocenters. The third-order valence-electron chi connectivity index (χ3n) is 4.21. The Morgan fingerprint density at radius 3 is 2.68 bits per heavy atom. The van der Waals surface area contributed by atoms with Crippen LogP contribution in [0.25, 0.3) is 0 Å². The minimum absolute atomic E-state index is 0.188. The quantitative estimate of drug-likeness (QED) is 0.793. The van der Waals surface area contributed by atoms with E-state index in [0.717, 1.165) is 0 Å². The molecule has 1 aromatic carbocycles. The normalized spacial score (nSPS) is 13.7. The molecule has 8 heteroatoms. The number of para-hydroxylation sites is 1. The molecule has 0 saturated carbocycles. The number of nitrogens with zero attached hydrogens (tertiary/aromatic N) is 2. The predicted octanol–water partition coefficient (Wildman–Crippen LogP) is 1.98. The van der Waals surface area contributed by atoms with E-state index in [0.29, 0.717) is 32.0 Å². The second-order valence-electron chi connectivity index (χ2n) is 6.05. The van der Waals surface area contributed by atoms with E-state index in [1.165, 1.54) is 18.3 Å². The molecule has 8 nitrogen and oxygen atoms in total. The van der Waals surface area contributed by atoms with Crippen LogP contribution in [-0.2, 0) is 9.47 Å². The summed E-state index contributed by atoms with van der Waals surface area (Å²) in [4.78, 5) is 43.0. The number of ether oxygens (including phenoxy) is 2. The fourth-order valence-electron chi connectivity index (χ4n) is 2.79. The van der Waals surface area contributed by atoms with Crippen molar-refractivity contribution in [2.24, 2.45) is 0 Å². The summed E-state index contributed by atoms with van der Waals surface area (Å²) in [5, 5.41) is 2.70. The topological polar surface area (TPSA) is 97.8 Å². The summed E-state index contributed by atoms with van der Waals surface area (Å²) in [5.74, 6) is -1.21. The van der Waals surface area contributed by atoms with Gasteiger partial charge in [-0.05, 0) is 31.2 Å². The summed E-state index contributed by atoms with van der Waals surface area (Å²) >= 11 is 0. The number of hydrogen-bond donors (Lipinski definition) is 1. The maximum absolute atomic E-state index is 12.7. The monoisotopic (exact) mass is 383 g/mol. The number of hydrogen-bond acceptors (Lipinski definition) is 6. The van der Waals surface area contributed by atoms with Gasteiger partial charge in [0, 0.05) is 24.8 Å². The van der Waals surface area contributed by atoms with Crippen molar-refractivity contribution in [2.75, 3.05) is 38.2 Å². The van der Waals surface area contributed by atoms with Gasteiger partial charge in [0.15, 0.2) is 0 Å². The van der Waals surface area contributed by atoms with Crippen LogP contribution in [0.3, 0.4) is 0 Å². The number of carbonyl (C=O) groups excluding carboxylic acids is 3. The first-order valence-electron chi connectivity index (χ1n) is 9.00. The molecule has 2 aromatic rings. The van der Waals surface area contributed by atoms with Crippen LogP contribution in [0.5, 0.6) is 0 Å². The lowest BCUT2D eigenvalue weighted by atomic mass is 10.1. The Morgan fingerprint density at radius 2 is 1.93 bits per heavy atom. The van der Waals surface area contributed by atoms with E-state index in [1.807, 2.05) is 0 Å². The molecule has 0 spiro atoms. The summed E-state index contributed by atoms with van der Waals surface area (Å²) in [6.07, 6.45) is 1.42. The molecular weight excluding hydrogens is 362 g/mol. The van der Waals surface area contributed by atoms with Gasteiger partial charge in [-0.1, -0.05) is 12.1 Å². The fourth-order valence-corrected chi connectivity index (χ4v) is 2.79. The number of carbonyl (C=O) groups is 3. The molecule has 3 rings (SSSR count). The minimum atomic E-state index is -0.517. The molecule has 2 heterocycles. The number of nitrogens with one attached hydrogen (secondary N) is 1. The maximum atomic E-state index is 12.7. The first-order chi connectivity index (χ1) is 13.6. The Kier molecular flexibility index (Phi) is 6.33. The second kappa shape index (κ2) is 9.09. The van der Waals surface area contributed by atoms with Gasteiger partial charge in [0.1, 0.15) is 5.69 Å². The summed E-state index contributed by atoms with van der Waals surface area (Å²) in [6, 6.07) is 9.54. The number of esters is 1. The van der Waals surface area contributed by atoms with Gasteiger partial charge < -0.3 is 19.7 Å². The first kappa shape index (κ1) is 19.5. The Morgan fingerprint density at radius 1 is 1.18 bits per heavy atom. The highest BCUT2D eigenvalue weighted by molar-refractivity contribution is 6.08. The lowest BCUT2D eigenvalue weighted by molar-refractivity contribution is 0.0299. The number of anilines is 1. The first-order valence-corrected chi connectivity index (χ1v) is 9.00. The van der Waals surface area contributed by atoms with Crippen LogP contribution < -0.4 is 5.32 Å². The van der Waals surface area contributed by atoms with E-state index < -0.39 is 11.9 Å². The summed E-state index contributed by atoms with van der Waals surface area (Å²) in [5.41, 5.74) is 1.05. The molecular formula is C20H21N3O5. The summed E-state index contributed by atoms with van der Waals surface area (Å²) < 4.78 is 10.3. The molecule has 0 bridgehead atoms. The molecule has 146 valence electrons. The molecule has 1 N–H and O–H groups in total. The van der Waals surface area contributed by atoms with Gasteiger partial charge in [0.05, 0.1) is 31.1 Å². The van der Waals surface area contributed by atoms with Gasteiger partial charge >= 0.3 is 5.97 Å². The number of pyridine rings is 1. The highest BCUT2D eigenvalue weighted by atomic mass is 16.5. The van der Waals surface area contributed by atoms with Crippen molar-refractivity contribution in [3.63, 3.8) is 0 Å². The molecule has 1 aromatic heterocycles. The standard InChI is InChI=1S/C20H21N3O5/c1-2-28-20(26)15-5-3-4-6-16(15)22-18(24)14-7-8-21-17(13-14)19(25)23-9-11-27-12-10-23/h3-8,13H,2,9-12H2,1H3,(H,22,24). The van der Waals surface area contributed by atoms with E-state index in [2.05, 4.69) is 10.3 Å². The third-order valence-corrected chi connectivity index (χ3v) is 4.21. The molecule has 28 heavy (non-hydrogen) atoms. The van der Waals surface area contributed by atoms with Crippen molar-refractivity contribution in [3.05, 3.63) is 59.4 Å². The SMILES string of the molecule is CCOC(=O)c1ccccc1NC(=O)c1ccnc(C(=O)N2CCOCC2)c1. The number of morpholine rings is 1. The van der Waals surface area contributed by atoms with Crippen molar-refractivity contribution >= 4 is 23.5 Å². The Bertz CT molecular complexity index is 878. The predicted molar refractivity (Wildman–Crippen MR) is 101 cm³/mol. The van der Waals surface area contributed by atoms with Crippen LogP contribution in [0, 0.1) is 0 Å². The summed E-state index contributed by atoms with van der Waals surface area (Å²) in [7, 11) is 0. The van der Waals surface area contributed by atoms with Crippen molar-refractivity contribution in [1.82, 2.24) is 9.88 Å². The smallest absolute Gasteiger partial charge is 0.340 e. The molecule has 2 amide bonds. The van der Waals surface area contributed by atoms with Gasteiger partial charge in [0.25, 0.3) is 11.8 Å². The van der Waals surface area contributed by atoms with Crippen LogP contribution in [0.15, 0.2) is 42.6 Å². The van der Waals surface area contributed by atoms with Crippen molar-refractivity contribution in [3.8, 4) is 0 Å². The van der Waals surface area contributed by atoms with E-state index in [1.54, 1.807) is 36.1 Å². The Hall–Kier alpha value is -3.26. The van der Waals surface area contributed by atoms with Gasteiger partial charge in [-0.2, -0.15) is 0 Å². The molecule has 1 saturated heterocycles. The van der Waals surface area contributed by atoms with Crippen LogP contribution in [0.1, 0.15) is 38.1 Å². The average Bonchev–Trinajstić information content (AvgIpc) is 2.74. The molecule has 0 radical (unpaired) electrons. The number of amides is 2. The van der Waals surface area contributed by atoms with Gasteiger partial charge in [0.2, 0.25) is 0 Å². The van der Waals surface area contributed by atoms with E-state index in [4.69, 9.17) is 9.47 Å². The van der Waals surface area contributed by atoms with Crippen molar-refractivity contribution < 1.29 is 23.9 Å². The van der Waals surface area contributed by atoms with Gasteiger partial charge in [-0.3, -0.25) is 14.6 Å². The summed E-state index contributed by atoms with van der Waals surface area (Å²) in [6.45, 7) is 3.89. The highest BCUT2D eigenvalue weighted by Gasteiger charge is 2.21. The van der Waals surface area contributed by atoms with E-state index in [-0.39, 0.29) is 29.3 Å². The Labute approximate surface area is 162 Å². The lowest BCUT2D eigenvalue weighted by Gasteiger charge is -2.26. The van der Waals surface area contributed by atoms with Crippen molar-refractivity contribution in [1.29, 1.82) is 0 Å². The fraction of sp³-hybridized carbons (Fsp3) is 0.300. The van der Waals surface area contributed by atoms with E-state index in [9.17, 15) is 14.4 Å². The molecule has 1 aliphatic rings. The van der Waals surface area contributed by atoms with Crippen LogP contribution in [0.4, 0.5) is 5.69 Å². The zero-order chi connectivity index (χ0) is 19.9. The molecule has 1 fully saturated rings. The molecule has 1 aliphatic heterocycles. The van der Waals surface area contributed by atoms with Crippen LogP contribution in [0.2, 0.25) is 0 Å². The molecule has 0 aliphatic carbocycles. The second-order valence-corrected chi connectivity index (χ2v) is 6.05. The van der Waals surface area contributed by atoms with Crippen LogP contribution in [-0.4, -0.2) is 60.6 Å². The average molecular weight is 383 g/mol. The van der Waals surface area contributed by atoms with E-state index >= 15 is 0 Å². The number of rotatable bonds is 5. The lowest BCUT2D eigenvalue weighted by Crippen LogP contribution is -2.41. The van der Waals surface area contributed by atoms with Gasteiger partial charge in [-0.15, -0.1) is 0 Å². The third kappa shape index (κ3) is 4.52. The zero-order valence-electron chi connectivity index (χ0n) is 15.5. The largest absolute Gasteiger partial charge is 0.462 e. The number of aromatic nitrogens is 1. The highest BCUT2D eigenvalue weighted by Crippen LogP contribution is 2.18. The molecule has 0 atom stereocenters. The van der Waals surface area contributed by atoms with Crippen LogP contribution >= 0.6 is 0 Å². The Balaban J connectivity index is 1.77. The van der Waals surface area contributed by atoms with Crippen molar-refractivity contribution in [2.45, 2.75) is 6.92 Å². The minimum Gasteiger partial charge on any atom is -0.462 e. The maximum Gasteiger partial charge on any atom is 0.340 e.